The van der Waals surface area contributed by atoms with Crippen LogP contribution in [0.2, 0.25) is 0 Å². The summed E-state index contributed by atoms with van der Waals surface area (Å²) in [6.07, 6.45) is 1.85. The van der Waals surface area contributed by atoms with E-state index in [4.69, 9.17) is 10.7 Å². The van der Waals surface area contributed by atoms with Crippen molar-refractivity contribution in [2.45, 2.75) is 27.7 Å². The fourth-order valence-electron chi connectivity index (χ4n) is 0.651. The molecule has 64 valence electrons. The van der Waals surface area contributed by atoms with Gasteiger partial charge in [-0.2, -0.15) is 5.90 Å². The fraction of sp³-hybridized carbons (Fsp3) is 0.556. The maximum Gasteiger partial charge on any atom is 0.129 e. The minimum absolute atomic E-state index is 0.0479. The molecule has 0 aliphatic rings. The van der Waals surface area contributed by atoms with Gasteiger partial charge < -0.3 is 4.84 Å². The largest absolute Gasteiger partial charge is 0.415 e. The standard InChI is InChI=1S/C9H17NO/c1-7(2)6-8(11-10)9(3,4)5/h6H,1,10H2,2-5H3/b8-6-. The summed E-state index contributed by atoms with van der Waals surface area (Å²) >= 11 is 0. The van der Waals surface area contributed by atoms with E-state index < -0.39 is 0 Å². The first kappa shape index (κ1) is 10.2. The first-order chi connectivity index (χ1) is 4.88. The van der Waals surface area contributed by atoms with Gasteiger partial charge in [0, 0.05) is 5.41 Å². The molecule has 0 aliphatic heterocycles. The third-order valence-electron chi connectivity index (χ3n) is 1.24. The lowest BCUT2D eigenvalue weighted by Gasteiger charge is -2.20. The molecule has 0 aliphatic carbocycles. The van der Waals surface area contributed by atoms with Crippen molar-refractivity contribution in [3.63, 3.8) is 0 Å². The van der Waals surface area contributed by atoms with Crippen LogP contribution in [0.1, 0.15) is 27.7 Å². The normalized spacial score (nSPS) is 13.0. The van der Waals surface area contributed by atoms with E-state index >= 15 is 0 Å². The van der Waals surface area contributed by atoms with Gasteiger partial charge >= 0.3 is 0 Å². The van der Waals surface area contributed by atoms with Crippen LogP contribution in [0.25, 0.3) is 0 Å². The van der Waals surface area contributed by atoms with Crippen molar-refractivity contribution in [1.29, 1.82) is 0 Å². The predicted molar refractivity (Wildman–Crippen MR) is 47.6 cm³/mol. The quantitative estimate of drug-likeness (QED) is 0.377. The van der Waals surface area contributed by atoms with Gasteiger partial charge in [-0.1, -0.05) is 32.9 Å². The number of hydrogen-bond donors (Lipinski definition) is 1. The number of hydrogen-bond acceptors (Lipinski definition) is 2. The highest BCUT2D eigenvalue weighted by Gasteiger charge is 2.17. The second-order valence-corrected chi connectivity index (χ2v) is 3.72. The maximum atomic E-state index is 5.10. The molecule has 0 rings (SSSR count). The van der Waals surface area contributed by atoms with E-state index in [1.807, 2.05) is 33.8 Å². The molecule has 0 saturated heterocycles. The second kappa shape index (κ2) is 3.58. The molecular weight excluding hydrogens is 138 g/mol. The summed E-state index contributed by atoms with van der Waals surface area (Å²) in [5.41, 5.74) is 0.897. The Labute approximate surface area is 68.7 Å². The van der Waals surface area contributed by atoms with Gasteiger partial charge in [0.25, 0.3) is 0 Å². The lowest BCUT2D eigenvalue weighted by Crippen LogP contribution is -2.15. The molecule has 0 atom stereocenters. The third kappa shape index (κ3) is 3.83. The molecular formula is C9H17NO. The monoisotopic (exact) mass is 155 g/mol. The van der Waals surface area contributed by atoms with E-state index in [0.717, 1.165) is 11.3 Å². The average molecular weight is 155 g/mol. The van der Waals surface area contributed by atoms with E-state index in [2.05, 4.69) is 6.58 Å². The Bertz CT molecular complexity index is 174. The molecule has 0 amide bonds. The molecule has 11 heavy (non-hydrogen) atoms. The van der Waals surface area contributed by atoms with Crippen molar-refractivity contribution in [3.8, 4) is 0 Å². The summed E-state index contributed by atoms with van der Waals surface area (Å²) in [7, 11) is 0. The van der Waals surface area contributed by atoms with Crippen molar-refractivity contribution < 1.29 is 4.84 Å². The van der Waals surface area contributed by atoms with Crippen LogP contribution in [0.15, 0.2) is 24.0 Å². The van der Waals surface area contributed by atoms with Gasteiger partial charge in [0.1, 0.15) is 5.76 Å². The number of allylic oxidation sites excluding steroid dienone is 3. The Morgan fingerprint density at radius 3 is 2.00 bits per heavy atom. The zero-order valence-corrected chi connectivity index (χ0v) is 7.77. The molecule has 0 aromatic rings. The molecule has 0 aromatic heterocycles. The van der Waals surface area contributed by atoms with Crippen LogP contribution in [0.4, 0.5) is 0 Å². The van der Waals surface area contributed by atoms with Crippen molar-refractivity contribution in [3.05, 3.63) is 24.0 Å². The molecule has 0 spiro atoms. The first-order valence-electron chi connectivity index (χ1n) is 3.62. The minimum Gasteiger partial charge on any atom is -0.415 e. The highest BCUT2D eigenvalue weighted by molar-refractivity contribution is 5.18. The molecule has 2 heteroatoms. The Hall–Kier alpha value is -0.760. The molecule has 0 heterocycles. The van der Waals surface area contributed by atoms with Gasteiger partial charge in [0.2, 0.25) is 0 Å². The topological polar surface area (TPSA) is 35.2 Å². The third-order valence-corrected chi connectivity index (χ3v) is 1.24. The number of rotatable bonds is 2. The van der Waals surface area contributed by atoms with E-state index in [1.54, 1.807) is 0 Å². The Balaban J connectivity index is 4.54. The van der Waals surface area contributed by atoms with Crippen LogP contribution >= 0.6 is 0 Å². The van der Waals surface area contributed by atoms with Crippen LogP contribution in [0, 0.1) is 5.41 Å². The predicted octanol–water partition coefficient (Wildman–Crippen LogP) is 2.38. The average Bonchev–Trinajstić information content (AvgIpc) is 1.79. The Kier molecular flexibility index (Phi) is 3.33. The van der Waals surface area contributed by atoms with Crippen molar-refractivity contribution in [1.82, 2.24) is 0 Å². The van der Waals surface area contributed by atoms with E-state index in [9.17, 15) is 0 Å². The highest BCUT2D eigenvalue weighted by Crippen LogP contribution is 2.25. The van der Waals surface area contributed by atoms with Crippen LogP contribution in [0.3, 0.4) is 0 Å². The second-order valence-electron chi connectivity index (χ2n) is 3.72. The van der Waals surface area contributed by atoms with Crippen molar-refractivity contribution in [2.75, 3.05) is 0 Å². The van der Waals surface area contributed by atoms with Gasteiger partial charge in [-0.05, 0) is 13.0 Å². The smallest absolute Gasteiger partial charge is 0.129 e. The Morgan fingerprint density at radius 1 is 1.45 bits per heavy atom. The highest BCUT2D eigenvalue weighted by atomic mass is 16.6. The SMILES string of the molecule is C=C(C)/C=C(\ON)C(C)(C)C. The van der Waals surface area contributed by atoms with Gasteiger partial charge in [0.15, 0.2) is 0 Å². The minimum atomic E-state index is -0.0479. The summed E-state index contributed by atoms with van der Waals surface area (Å²) in [6.45, 7) is 11.8. The van der Waals surface area contributed by atoms with Crippen LogP contribution < -0.4 is 5.90 Å². The molecule has 2 nitrogen and oxygen atoms in total. The molecule has 2 N–H and O–H groups in total. The zero-order valence-electron chi connectivity index (χ0n) is 7.77. The van der Waals surface area contributed by atoms with E-state index in [-0.39, 0.29) is 5.41 Å². The molecule has 0 aromatic carbocycles. The van der Waals surface area contributed by atoms with E-state index in [1.165, 1.54) is 0 Å². The molecule has 0 saturated carbocycles. The van der Waals surface area contributed by atoms with Crippen molar-refractivity contribution in [2.24, 2.45) is 11.3 Å². The molecule has 0 bridgehead atoms. The molecule has 0 fully saturated rings. The zero-order chi connectivity index (χ0) is 9.07. The Morgan fingerprint density at radius 2 is 1.91 bits per heavy atom. The van der Waals surface area contributed by atoms with Crippen molar-refractivity contribution >= 4 is 0 Å². The summed E-state index contributed by atoms with van der Waals surface area (Å²) in [6, 6.07) is 0. The first-order valence-corrected chi connectivity index (χ1v) is 3.62. The summed E-state index contributed by atoms with van der Waals surface area (Å²) in [5, 5.41) is 0. The lowest BCUT2D eigenvalue weighted by molar-refractivity contribution is 0.155. The van der Waals surface area contributed by atoms with Gasteiger partial charge in [-0.25, -0.2) is 0 Å². The van der Waals surface area contributed by atoms with Crippen LogP contribution in [-0.4, -0.2) is 0 Å². The van der Waals surface area contributed by atoms with Gasteiger partial charge in [0.05, 0.1) is 0 Å². The molecule has 0 radical (unpaired) electrons. The van der Waals surface area contributed by atoms with Gasteiger partial charge in [-0.15, -0.1) is 0 Å². The van der Waals surface area contributed by atoms with Crippen LogP contribution in [-0.2, 0) is 4.84 Å². The van der Waals surface area contributed by atoms with E-state index in [0.29, 0.717) is 0 Å². The van der Waals surface area contributed by atoms with Gasteiger partial charge in [-0.3, -0.25) is 0 Å². The van der Waals surface area contributed by atoms with Crippen LogP contribution in [0.5, 0.6) is 0 Å². The maximum absolute atomic E-state index is 5.10. The summed E-state index contributed by atoms with van der Waals surface area (Å²) < 4.78 is 0. The summed E-state index contributed by atoms with van der Waals surface area (Å²) in [4.78, 5) is 4.73. The fourth-order valence-corrected chi connectivity index (χ4v) is 0.651. The summed E-state index contributed by atoms with van der Waals surface area (Å²) in [5.74, 6) is 5.85. The number of nitrogens with two attached hydrogens (primary N) is 1. The lowest BCUT2D eigenvalue weighted by atomic mass is 9.93. The molecule has 0 unspecified atom stereocenters.